The van der Waals surface area contributed by atoms with Crippen molar-refractivity contribution in [1.29, 1.82) is 0 Å². The minimum Gasteiger partial charge on any atom is -0.342 e. The highest BCUT2D eigenvalue weighted by Crippen LogP contribution is 2.19. The monoisotopic (exact) mass is 192 g/mol. The molecular formula is C11H13FN2. The molecule has 0 aliphatic heterocycles. The van der Waals surface area contributed by atoms with Gasteiger partial charge in [-0.1, -0.05) is 13.8 Å². The van der Waals surface area contributed by atoms with Crippen molar-refractivity contribution in [3.05, 3.63) is 29.8 Å². The molecule has 0 bridgehead atoms. The molecule has 1 atom stereocenters. The van der Waals surface area contributed by atoms with Gasteiger partial charge in [0.15, 0.2) is 0 Å². The van der Waals surface area contributed by atoms with Crippen molar-refractivity contribution < 1.29 is 4.39 Å². The summed E-state index contributed by atoms with van der Waals surface area (Å²) in [5.41, 5.74) is 1.61. The fourth-order valence-electron chi connectivity index (χ4n) is 1.43. The molecule has 0 saturated heterocycles. The molecule has 1 N–H and O–H groups in total. The molecule has 2 aromatic rings. The zero-order chi connectivity index (χ0) is 10.1. The van der Waals surface area contributed by atoms with E-state index in [1.165, 1.54) is 12.1 Å². The van der Waals surface area contributed by atoms with Gasteiger partial charge in [-0.3, -0.25) is 0 Å². The number of nitrogens with zero attached hydrogens (tertiary/aromatic N) is 1. The predicted octanol–water partition coefficient (Wildman–Crippen LogP) is 3.22. The van der Waals surface area contributed by atoms with Crippen LogP contribution in [0.5, 0.6) is 0 Å². The molecule has 0 fully saturated rings. The summed E-state index contributed by atoms with van der Waals surface area (Å²) >= 11 is 0. The van der Waals surface area contributed by atoms with Crippen molar-refractivity contribution >= 4 is 11.0 Å². The Balaban J connectivity index is 2.51. The quantitative estimate of drug-likeness (QED) is 0.777. The van der Waals surface area contributed by atoms with Gasteiger partial charge in [-0.15, -0.1) is 0 Å². The van der Waals surface area contributed by atoms with Crippen molar-refractivity contribution in [3.8, 4) is 0 Å². The number of nitrogens with one attached hydrogen (secondary N) is 1. The van der Waals surface area contributed by atoms with Crippen LogP contribution in [-0.2, 0) is 0 Å². The van der Waals surface area contributed by atoms with Crippen molar-refractivity contribution in [3.63, 3.8) is 0 Å². The van der Waals surface area contributed by atoms with Crippen LogP contribution in [-0.4, -0.2) is 9.97 Å². The van der Waals surface area contributed by atoms with Gasteiger partial charge in [0, 0.05) is 5.92 Å². The maximum atomic E-state index is 12.9. The molecule has 0 aliphatic rings. The number of H-pyrrole nitrogens is 1. The third-order valence-corrected chi connectivity index (χ3v) is 2.54. The summed E-state index contributed by atoms with van der Waals surface area (Å²) in [5.74, 6) is 1.11. The highest BCUT2D eigenvalue weighted by molar-refractivity contribution is 5.75. The van der Waals surface area contributed by atoms with E-state index in [2.05, 4.69) is 23.8 Å². The molecule has 74 valence electrons. The van der Waals surface area contributed by atoms with Crippen LogP contribution in [0.1, 0.15) is 32.0 Å². The molecule has 0 aliphatic carbocycles. The van der Waals surface area contributed by atoms with E-state index in [0.29, 0.717) is 5.92 Å². The Kier molecular flexibility index (Phi) is 2.23. The molecule has 1 aromatic carbocycles. The van der Waals surface area contributed by atoms with E-state index in [4.69, 9.17) is 0 Å². The number of aromatic nitrogens is 2. The molecule has 2 nitrogen and oxygen atoms in total. The van der Waals surface area contributed by atoms with Crippen LogP contribution in [0, 0.1) is 5.82 Å². The highest BCUT2D eigenvalue weighted by atomic mass is 19.1. The number of rotatable bonds is 2. The molecule has 1 unspecified atom stereocenters. The van der Waals surface area contributed by atoms with Gasteiger partial charge < -0.3 is 4.98 Å². The molecule has 1 heterocycles. The van der Waals surface area contributed by atoms with Gasteiger partial charge >= 0.3 is 0 Å². The molecule has 0 spiro atoms. The molecular weight excluding hydrogens is 179 g/mol. The Bertz CT molecular complexity index is 447. The van der Waals surface area contributed by atoms with Crippen LogP contribution in [0.25, 0.3) is 11.0 Å². The lowest BCUT2D eigenvalue weighted by Gasteiger charge is -2.01. The maximum absolute atomic E-state index is 12.9. The normalized spacial score (nSPS) is 13.4. The Morgan fingerprint density at radius 3 is 3.00 bits per heavy atom. The van der Waals surface area contributed by atoms with Gasteiger partial charge in [-0.2, -0.15) is 0 Å². The van der Waals surface area contributed by atoms with Gasteiger partial charge in [0.1, 0.15) is 11.6 Å². The van der Waals surface area contributed by atoms with Gasteiger partial charge in [-0.25, -0.2) is 9.37 Å². The second kappa shape index (κ2) is 3.40. The number of aromatic amines is 1. The minimum atomic E-state index is -0.225. The first-order valence-corrected chi connectivity index (χ1v) is 4.86. The molecule has 3 heteroatoms. The SMILES string of the molecule is CCC(C)c1nc2ccc(F)cc2[nH]1. The summed E-state index contributed by atoms with van der Waals surface area (Å²) < 4.78 is 12.9. The zero-order valence-corrected chi connectivity index (χ0v) is 8.34. The summed E-state index contributed by atoms with van der Waals surface area (Å²) in [6.07, 6.45) is 1.03. The second-order valence-electron chi connectivity index (χ2n) is 3.59. The number of hydrogen-bond donors (Lipinski definition) is 1. The lowest BCUT2D eigenvalue weighted by molar-refractivity contribution is 0.629. The zero-order valence-electron chi connectivity index (χ0n) is 8.34. The van der Waals surface area contributed by atoms with Crippen LogP contribution in [0.4, 0.5) is 4.39 Å². The first-order valence-electron chi connectivity index (χ1n) is 4.86. The van der Waals surface area contributed by atoms with Gasteiger partial charge in [0.05, 0.1) is 11.0 Å². The van der Waals surface area contributed by atoms with Crippen molar-refractivity contribution in [2.45, 2.75) is 26.2 Å². The van der Waals surface area contributed by atoms with E-state index < -0.39 is 0 Å². The Morgan fingerprint density at radius 2 is 2.29 bits per heavy atom. The number of hydrogen-bond acceptors (Lipinski definition) is 1. The van der Waals surface area contributed by atoms with E-state index in [-0.39, 0.29) is 5.82 Å². The fraction of sp³-hybridized carbons (Fsp3) is 0.364. The van der Waals surface area contributed by atoms with E-state index >= 15 is 0 Å². The molecule has 0 saturated carbocycles. The molecule has 2 rings (SSSR count). The summed E-state index contributed by atoms with van der Waals surface area (Å²) in [6.45, 7) is 4.21. The largest absolute Gasteiger partial charge is 0.342 e. The fourth-order valence-corrected chi connectivity index (χ4v) is 1.43. The first kappa shape index (κ1) is 9.19. The van der Waals surface area contributed by atoms with Crippen LogP contribution >= 0.6 is 0 Å². The van der Waals surface area contributed by atoms with E-state index in [1.54, 1.807) is 6.07 Å². The average Bonchev–Trinajstić information content (AvgIpc) is 2.59. The third-order valence-electron chi connectivity index (χ3n) is 2.54. The van der Waals surface area contributed by atoms with Crippen molar-refractivity contribution in [2.75, 3.05) is 0 Å². The Hall–Kier alpha value is -1.38. The van der Waals surface area contributed by atoms with Crippen LogP contribution < -0.4 is 0 Å². The number of fused-ring (bicyclic) bond motifs is 1. The summed E-state index contributed by atoms with van der Waals surface area (Å²) in [4.78, 5) is 7.54. The van der Waals surface area contributed by atoms with Gasteiger partial charge in [0.25, 0.3) is 0 Å². The third kappa shape index (κ3) is 1.50. The lowest BCUT2D eigenvalue weighted by atomic mass is 10.1. The van der Waals surface area contributed by atoms with Crippen LogP contribution in [0.3, 0.4) is 0 Å². The topological polar surface area (TPSA) is 28.7 Å². The molecule has 0 radical (unpaired) electrons. The van der Waals surface area contributed by atoms with Crippen LogP contribution in [0.15, 0.2) is 18.2 Å². The molecule has 14 heavy (non-hydrogen) atoms. The highest BCUT2D eigenvalue weighted by Gasteiger charge is 2.08. The van der Waals surface area contributed by atoms with Crippen molar-refractivity contribution in [1.82, 2.24) is 9.97 Å². The number of imidazole rings is 1. The molecule has 1 aromatic heterocycles. The van der Waals surface area contributed by atoms with E-state index in [9.17, 15) is 4.39 Å². The van der Waals surface area contributed by atoms with Crippen LogP contribution in [0.2, 0.25) is 0 Å². The summed E-state index contributed by atoms with van der Waals surface area (Å²) in [7, 11) is 0. The first-order chi connectivity index (χ1) is 6.70. The maximum Gasteiger partial charge on any atom is 0.125 e. The Labute approximate surface area is 82.2 Å². The van der Waals surface area contributed by atoms with E-state index in [1.807, 2.05) is 0 Å². The number of benzene rings is 1. The predicted molar refractivity (Wildman–Crippen MR) is 54.8 cm³/mol. The van der Waals surface area contributed by atoms with Gasteiger partial charge in [0.2, 0.25) is 0 Å². The average molecular weight is 192 g/mol. The van der Waals surface area contributed by atoms with E-state index in [0.717, 1.165) is 23.3 Å². The standard InChI is InChI=1S/C11H13FN2/c1-3-7(2)11-13-9-5-4-8(12)6-10(9)14-11/h4-7H,3H2,1-2H3,(H,13,14). The Morgan fingerprint density at radius 1 is 1.50 bits per heavy atom. The summed E-state index contributed by atoms with van der Waals surface area (Å²) in [6, 6.07) is 4.62. The smallest absolute Gasteiger partial charge is 0.125 e. The molecule has 0 amide bonds. The summed E-state index contributed by atoms with van der Waals surface area (Å²) in [5, 5.41) is 0. The number of halogens is 1. The second-order valence-corrected chi connectivity index (χ2v) is 3.59. The van der Waals surface area contributed by atoms with Crippen molar-refractivity contribution in [2.24, 2.45) is 0 Å². The minimum absolute atomic E-state index is 0.225. The van der Waals surface area contributed by atoms with Gasteiger partial charge in [-0.05, 0) is 24.6 Å². The lowest BCUT2D eigenvalue weighted by Crippen LogP contribution is -1.92.